The maximum absolute atomic E-state index is 10.1. The molecule has 1 N–H and O–H groups in total. The first-order valence-electron chi connectivity index (χ1n) is 6.15. The molecule has 0 spiro atoms. The molecule has 0 aromatic carbocycles. The average Bonchev–Trinajstić information content (AvgIpc) is 2.65. The maximum Gasteiger partial charge on any atom is 0.0591 e. The quantitative estimate of drug-likeness (QED) is 0.875. The van der Waals surface area contributed by atoms with Gasteiger partial charge in [-0.3, -0.25) is 0 Å². The van der Waals surface area contributed by atoms with Crippen LogP contribution in [0.4, 0.5) is 0 Å². The third kappa shape index (κ3) is 3.86. The first-order valence-corrected chi connectivity index (χ1v) is 7.82. The minimum atomic E-state index is -0.145. The number of thiophene rings is 1. The molecule has 0 radical (unpaired) electrons. The molecule has 1 aliphatic rings. The van der Waals surface area contributed by atoms with Crippen LogP contribution in [0.15, 0.2) is 15.9 Å². The summed E-state index contributed by atoms with van der Waals surface area (Å²) in [4.78, 5) is 1.29. The van der Waals surface area contributed by atoms with E-state index in [0.29, 0.717) is 0 Å². The van der Waals surface area contributed by atoms with Gasteiger partial charge in [0.1, 0.15) is 0 Å². The van der Waals surface area contributed by atoms with Crippen molar-refractivity contribution in [1.82, 2.24) is 0 Å². The molecule has 3 heteroatoms. The van der Waals surface area contributed by atoms with Crippen molar-refractivity contribution < 1.29 is 5.11 Å². The molecule has 90 valence electrons. The van der Waals surface area contributed by atoms with Crippen molar-refractivity contribution in [2.45, 2.75) is 51.0 Å². The van der Waals surface area contributed by atoms with Crippen LogP contribution in [-0.2, 0) is 6.42 Å². The number of aliphatic hydroxyl groups is 1. The predicted octanol–water partition coefficient (Wildman–Crippen LogP) is 4.38. The van der Waals surface area contributed by atoms with Crippen molar-refractivity contribution >= 4 is 27.3 Å². The minimum absolute atomic E-state index is 0.145. The molecule has 0 bridgehead atoms. The van der Waals surface area contributed by atoms with E-state index < -0.39 is 0 Å². The molecular formula is C13H19BrOS. The van der Waals surface area contributed by atoms with Crippen LogP contribution in [0, 0.1) is 5.92 Å². The molecule has 1 nitrogen and oxygen atoms in total. The van der Waals surface area contributed by atoms with Gasteiger partial charge in [0.15, 0.2) is 0 Å². The lowest BCUT2D eigenvalue weighted by atomic mass is 9.85. The van der Waals surface area contributed by atoms with Gasteiger partial charge in [0, 0.05) is 21.2 Å². The van der Waals surface area contributed by atoms with Crippen LogP contribution >= 0.6 is 27.3 Å². The summed E-state index contributed by atoms with van der Waals surface area (Å²) >= 11 is 5.18. The fourth-order valence-electron chi connectivity index (χ4n) is 2.58. The van der Waals surface area contributed by atoms with Crippen LogP contribution in [0.2, 0.25) is 0 Å². The molecule has 1 unspecified atom stereocenters. The van der Waals surface area contributed by atoms with Crippen LogP contribution in [0.5, 0.6) is 0 Å². The van der Waals surface area contributed by atoms with Crippen molar-refractivity contribution in [2.24, 2.45) is 5.92 Å². The monoisotopic (exact) mass is 302 g/mol. The molecule has 1 heterocycles. The summed E-state index contributed by atoms with van der Waals surface area (Å²) in [7, 11) is 0. The lowest BCUT2D eigenvalue weighted by Crippen LogP contribution is -2.17. The molecule has 1 aliphatic carbocycles. The van der Waals surface area contributed by atoms with Crippen LogP contribution < -0.4 is 0 Å². The molecule has 1 aromatic heterocycles. The normalized spacial score (nSPS) is 19.9. The van der Waals surface area contributed by atoms with E-state index in [1.54, 1.807) is 11.3 Å². The van der Waals surface area contributed by atoms with Crippen molar-refractivity contribution in [3.8, 4) is 0 Å². The Bertz CT molecular complexity index is 317. The fourth-order valence-corrected chi connectivity index (χ4v) is 4.11. The van der Waals surface area contributed by atoms with E-state index in [4.69, 9.17) is 0 Å². The van der Waals surface area contributed by atoms with Gasteiger partial charge in [0.2, 0.25) is 0 Å². The summed E-state index contributed by atoms with van der Waals surface area (Å²) in [6.45, 7) is 0. The number of hydrogen-bond acceptors (Lipinski definition) is 2. The van der Waals surface area contributed by atoms with Crippen LogP contribution in [-0.4, -0.2) is 11.2 Å². The summed E-state index contributed by atoms with van der Waals surface area (Å²) in [5.41, 5.74) is 0. The average molecular weight is 303 g/mol. The van der Waals surface area contributed by atoms with Crippen molar-refractivity contribution in [3.05, 3.63) is 20.8 Å². The van der Waals surface area contributed by atoms with Gasteiger partial charge >= 0.3 is 0 Å². The highest BCUT2D eigenvalue weighted by atomic mass is 79.9. The first-order chi connectivity index (χ1) is 7.74. The predicted molar refractivity (Wildman–Crippen MR) is 72.9 cm³/mol. The molecular weight excluding hydrogens is 284 g/mol. The second-order valence-electron chi connectivity index (χ2n) is 4.83. The summed E-state index contributed by atoms with van der Waals surface area (Å²) < 4.78 is 1.14. The van der Waals surface area contributed by atoms with Crippen LogP contribution in [0.3, 0.4) is 0 Å². The smallest absolute Gasteiger partial charge is 0.0591 e. The fraction of sp³-hybridized carbons (Fsp3) is 0.692. The van der Waals surface area contributed by atoms with E-state index in [9.17, 15) is 5.11 Å². The largest absolute Gasteiger partial charge is 0.393 e. The van der Waals surface area contributed by atoms with Crippen molar-refractivity contribution in [2.75, 3.05) is 0 Å². The highest BCUT2D eigenvalue weighted by Crippen LogP contribution is 2.29. The van der Waals surface area contributed by atoms with E-state index in [-0.39, 0.29) is 6.10 Å². The Balaban J connectivity index is 1.77. The van der Waals surface area contributed by atoms with E-state index in [0.717, 1.165) is 23.2 Å². The molecule has 0 aliphatic heterocycles. The highest BCUT2D eigenvalue weighted by molar-refractivity contribution is 9.10. The molecule has 0 amide bonds. The second-order valence-corrected chi connectivity index (χ2v) is 6.74. The highest BCUT2D eigenvalue weighted by Gasteiger charge is 2.18. The van der Waals surface area contributed by atoms with Crippen molar-refractivity contribution in [3.63, 3.8) is 0 Å². The van der Waals surface area contributed by atoms with Gasteiger partial charge in [0.25, 0.3) is 0 Å². The van der Waals surface area contributed by atoms with E-state index >= 15 is 0 Å². The Morgan fingerprint density at radius 3 is 2.75 bits per heavy atom. The second kappa shape index (κ2) is 6.18. The number of hydrogen-bond donors (Lipinski definition) is 1. The SMILES string of the molecule is OC(Cc1cc(Br)cs1)CC1CCCCC1. The van der Waals surface area contributed by atoms with Gasteiger partial charge < -0.3 is 5.11 Å². The van der Waals surface area contributed by atoms with Gasteiger partial charge in [-0.2, -0.15) is 0 Å². The molecule has 1 saturated carbocycles. The Morgan fingerprint density at radius 1 is 1.38 bits per heavy atom. The number of halogens is 1. The van der Waals surface area contributed by atoms with Gasteiger partial charge in [-0.1, -0.05) is 32.1 Å². The summed E-state index contributed by atoms with van der Waals surface area (Å²) in [5.74, 6) is 0.771. The van der Waals surface area contributed by atoms with Gasteiger partial charge in [-0.25, -0.2) is 0 Å². The summed E-state index contributed by atoms with van der Waals surface area (Å²) in [6, 6.07) is 2.12. The van der Waals surface area contributed by atoms with Gasteiger partial charge in [-0.05, 0) is 34.3 Å². The number of rotatable bonds is 4. The lowest BCUT2D eigenvalue weighted by molar-refractivity contribution is 0.131. The standard InChI is InChI=1S/C13H19BrOS/c14-11-7-13(16-9-11)8-12(15)6-10-4-2-1-3-5-10/h7,9-10,12,15H,1-6,8H2. The van der Waals surface area contributed by atoms with E-state index in [2.05, 4.69) is 27.4 Å². The van der Waals surface area contributed by atoms with Crippen molar-refractivity contribution in [1.29, 1.82) is 0 Å². The van der Waals surface area contributed by atoms with E-state index in [1.165, 1.54) is 37.0 Å². The summed E-state index contributed by atoms with van der Waals surface area (Å²) in [6.07, 6.45) is 8.45. The van der Waals surface area contributed by atoms with E-state index in [1.807, 2.05) is 0 Å². The van der Waals surface area contributed by atoms with Gasteiger partial charge in [-0.15, -0.1) is 11.3 Å². The first kappa shape index (κ1) is 12.6. The summed E-state index contributed by atoms with van der Waals surface area (Å²) in [5, 5.41) is 12.1. The molecule has 1 atom stereocenters. The Kier molecular flexibility index (Phi) is 4.86. The topological polar surface area (TPSA) is 20.2 Å². The lowest BCUT2D eigenvalue weighted by Gasteiger charge is -2.23. The Hall–Kier alpha value is 0.140. The third-order valence-electron chi connectivity index (χ3n) is 3.39. The zero-order valence-electron chi connectivity index (χ0n) is 9.49. The molecule has 2 rings (SSSR count). The Labute approximate surface area is 110 Å². The van der Waals surface area contributed by atoms with Crippen LogP contribution in [0.25, 0.3) is 0 Å². The van der Waals surface area contributed by atoms with Crippen LogP contribution in [0.1, 0.15) is 43.4 Å². The van der Waals surface area contributed by atoms with Gasteiger partial charge in [0.05, 0.1) is 6.10 Å². The number of aliphatic hydroxyl groups excluding tert-OH is 1. The molecule has 1 fully saturated rings. The Morgan fingerprint density at radius 2 is 2.12 bits per heavy atom. The molecule has 0 saturated heterocycles. The zero-order chi connectivity index (χ0) is 11.4. The molecule has 1 aromatic rings. The third-order valence-corrected chi connectivity index (χ3v) is 5.11. The minimum Gasteiger partial charge on any atom is -0.393 e. The molecule has 16 heavy (non-hydrogen) atoms. The zero-order valence-corrected chi connectivity index (χ0v) is 11.9. The maximum atomic E-state index is 10.1.